The van der Waals surface area contributed by atoms with Crippen LogP contribution in [0.2, 0.25) is 0 Å². The van der Waals surface area contributed by atoms with E-state index in [1.54, 1.807) is 12.4 Å². The van der Waals surface area contributed by atoms with Gasteiger partial charge in [-0.05, 0) is 40.2 Å². The minimum Gasteiger partial charge on any atom is -0.346 e. The number of aromatic amines is 1. The highest BCUT2D eigenvalue weighted by Crippen LogP contribution is 2.47. The first-order chi connectivity index (χ1) is 10.5. The molecule has 0 spiro atoms. The van der Waals surface area contributed by atoms with Crippen molar-refractivity contribution in [1.82, 2.24) is 15.0 Å². The second kappa shape index (κ2) is 6.10. The molecule has 0 unspecified atom stereocenters. The fourth-order valence-electron chi connectivity index (χ4n) is 1.97. The predicted molar refractivity (Wildman–Crippen MR) is 96.2 cm³/mol. The van der Waals surface area contributed by atoms with Crippen LogP contribution in [0.15, 0.2) is 47.3 Å². The molecule has 0 aliphatic carbocycles. The van der Waals surface area contributed by atoms with Crippen LogP contribution < -0.4 is 5.32 Å². The Morgan fingerprint density at radius 3 is 2.77 bits per heavy atom. The number of hydrogen-bond acceptors (Lipinski definition) is 3. The van der Waals surface area contributed by atoms with Crippen molar-refractivity contribution < 1.29 is 4.79 Å². The minimum absolute atomic E-state index is 0.159. The molecule has 4 heterocycles. The summed E-state index contributed by atoms with van der Waals surface area (Å²) in [5.41, 5.74) is 1.74. The SMILES string of the molecule is O=C1Nc2ncc(Br)cc2C1(Br)Br.c1cnc2[nH]ccc2c1. The molecule has 3 aromatic rings. The molecule has 0 saturated carbocycles. The zero-order valence-corrected chi connectivity index (χ0v) is 15.7. The number of halogens is 3. The summed E-state index contributed by atoms with van der Waals surface area (Å²) in [6.45, 7) is 0. The van der Waals surface area contributed by atoms with Crippen molar-refractivity contribution >= 4 is 70.5 Å². The molecule has 2 N–H and O–H groups in total. The highest BCUT2D eigenvalue weighted by Gasteiger charge is 2.43. The van der Waals surface area contributed by atoms with Crippen LogP contribution in [-0.2, 0) is 8.03 Å². The highest BCUT2D eigenvalue weighted by molar-refractivity contribution is 9.25. The van der Waals surface area contributed by atoms with E-state index < -0.39 is 3.23 Å². The molecule has 112 valence electrons. The smallest absolute Gasteiger partial charge is 0.258 e. The van der Waals surface area contributed by atoms with Crippen molar-refractivity contribution in [3.63, 3.8) is 0 Å². The average Bonchev–Trinajstić information content (AvgIpc) is 3.05. The first-order valence-electron chi connectivity index (χ1n) is 6.22. The van der Waals surface area contributed by atoms with Gasteiger partial charge in [-0.25, -0.2) is 9.97 Å². The number of nitrogens with zero attached hydrogens (tertiary/aromatic N) is 2. The van der Waals surface area contributed by atoms with E-state index in [9.17, 15) is 4.79 Å². The Morgan fingerprint density at radius 1 is 1.18 bits per heavy atom. The van der Waals surface area contributed by atoms with Crippen LogP contribution >= 0.6 is 47.8 Å². The van der Waals surface area contributed by atoms with E-state index in [1.807, 2.05) is 30.5 Å². The monoisotopic (exact) mass is 486 g/mol. The van der Waals surface area contributed by atoms with E-state index in [0.29, 0.717) is 5.82 Å². The summed E-state index contributed by atoms with van der Waals surface area (Å²) in [4.78, 5) is 22.6. The van der Waals surface area contributed by atoms with Crippen LogP contribution in [0.5, 0.6) is 0 Å². The van der Waals surface area contributed by atoms with Gasteiger partial charge in [0.2, 0.25) is 0 Å². The third kappa shape index (κ3) is 2.95. The third-order valence-electron chi connectivity index (χ3n) is 3.03. The van der Waals surface area contributed by atoms with Crippen molar-refractivity contribution in [2.45, 2.75) is 3.23 Å². The molecule has 0 atom stereocenters. The van der Waals surface area contributed by atoms with Gasteiger partial charge >= 0.3 is 0 Å². The maximum absolute atomic E-state index is 11.4. The molecule has 0 radical (unpaired) electrons. The second-order valence-corrected chi connectivity index (χ2v) is 8.86. The van der Waals surface area contributed by atoms with Crippen LogP contribution in [0.1, 0.15) is 5.56 Å². The van der Waals surface area contributed by atoms with Gasteiger partial charge in [0.1, 0.15) is 11.5 Å². The molecule has 4 rings (SSSR count). The Hall–Kier alpha value is -1.25. The normalized spacial score (nSPS) is 15.0. The van der Waals surface area contributed by atoms with Crippen molar-refractivity contribution in [3.05, 3.63) is 52.9 Å². The standard InChI is InChI=1S/C7H3Br3N2O.C7H6N2/c8-3-1-4-5(11-2-3)12-6(13)7(4,9)10;1-2-6-3-5-9-7(6)8-4-1/h1-2H,(H,11,12,13);1-5H,(H,8,9). The van der Waals surface area contributed by atoms with Crippen molar-refractivity contribution in [2.24, 2.45) is 0 Å². The molecular formula is C14H9Br3N4O. The van der Waals surface area contributed by atoms with Crippen LogP contribution in [-0.4, -0.2) is 20.9 Å². The Bertz CT molecular complexity index is 817. The summed E-state index contributed by atoms with van der Waals surface area (Å²) in [7, 11) is 0. The number of rotatable bonds is 0. The van der Waals surface area contributed by atoms with E-state index >= 15 is 0 Å². The van der Waals surface area contributed by atoms with E-state index in [2.05, 4.69) is 68.1 Å². The van der Waals surface area contributed by atoms with Crippen LogP contribution in [0.4, 0.5) is 5.82 Å². The van der Waals surface area contributed by atoms with Gasteiger partial charge in [0.05, 0.1) is 0 Å². The molecule has 3 aromatic heterocycles. The van der Waals surface area contributed by atoms with E-state index in [4.69, 9.17) is 0 Å². The summed E-state index contributed by atoms with van der Waals surface area (Å²) in [5.74, 6) is 0.426. The van der Waals surface area contributed by atoms with Gasteiger partial charge < -0.3 is 10.3 Å². The number of fused-ring (bicyclic) bond motifs is 2. The molecule has 1 aliphatic rings. The molecular weight excluding hydrogens is 480 g/mol. The van der Waals surface area contributed by atoms with Crippen LogP contribution in [0.3, 0.4) is 0 Å². The van der Waals surface area contributed by atoms with E-state index in [-0.39, 0.29) is 5.91 Å². The maximum atomic E-state index is 11.4. The molecule has 0 bridgehead atoms. The van der Waals surface area contributed by atoms with Crippen molar-refractivity contribution in [2.75, 3.05) is 5.32 Å². The lowest BCUT2D eigenvalue weighted by atomic mass is 10.2. The van der Waals surface area contributed by atoms with Crippen LogP contribution in [0, 0.1) is 0 Å². The molecule has 5 nitrogen and oxygen atoms in total. The van der Waals surface area contributed by atoms with Crippen LogP contribution in [0.25, 0.3) is 11.0 Å². The number of nitrogens with one attached hydrogen (secondary N) is 2. The molecule has 0 saturated heterocycles. The largest absolute Gasteiger partial charge is 0.346 e. The molecule has 22 heavy (non-hydrogen) atoms. The van der Waals surface area contributed by atoms with Gasteiger partial charge in [0, 0.05) is 34.0 Å². The quantitative estimate of drug-likeness (QED) is 0.463. The number of carbonyl (C=O) groups is 1. The number of carbonyl (C=O) groups excluding carboxylic acids is 1. The number of H-pyrrole nitrogens is 1. The molecule has 0 aromatic carbocycles. The number of aromatic nitrogens is 3. The fraction of sp³-hybridized carbons (Fsp3) is 0.0714. The number of pyridine rings is 2. The lowest BCUT2D eigenvalue weighted by Gasteiger charge is -2.09. The molecule has 1 aliphatic heterocycles. The summed E-state index contributed by atoms with van der Waals surface area (Å²) < 4.78 is -0.00225. The highest BCUT2D eigenvalue weighted by atomic mass is 79.9. The van der Waals surface area contributed by atoms with Gasteiger partial charge in [-0.2, -0.15) is 0 Å². The number of amides is 1. The Balaban J connectivity index is 0.000000139. The zero-order chi connectivity index (χ0) is 15.7. The maximum Gasteiger partial charge on any atom is 0.258 e. The van der Waals surface area contributed by atoms with Crippen molar-refractivity contribution in [3.8, 4) is 0 Å². The number of anilines is 1. The Labute approximate surface area is 151 Å². The first kappa shape index (κ1) is 15.6. The molecule has 8 heteroatoms. The summed E-state index contributed by atoms with van der Waals surface area (Å²) >= 11 is 9.86. The Kier molecular flexibility index (Phi) is 4.33. The Morgan fingerprint density at radius 2 is 2.00 bits per heavy atom. The van der Waals surface area contributed by atoms with Gasteiger partial charge in [0.15, 0.2) is 3.23 Å². The van der Waals surface area contributed by atoms with E-state index in [1.165, 1.54) is 0 Å². The first-order valence-corrected chi connectivity index (χ1v) is 8.60. The lowest BCUT2D eigenvalue weighted by Crippen LogP contribution is -2.20. The zero-order valence-electron chi connectivity index (χ0n) is 11.0. The topological polar surface area (TPSA) is 70.7 Å². The summed E-state index contributed by atoms with van der Waals surface area (Å²) in [5, 5.41) is 3.81. The lowest BCUT2D eigenvalue weighted by molar-refractivity contribution is -0.115. The predicted octanol–water partition coefficient (Wildman–Crippen LogP) is 4.30. The number of hydrogen-bond donors (Lipinski definition) is 2. The molecule has 1 amide bonds. The minimum atomic E-state index is -0.841. The second-order valence-electron chi connectivity index (χ2n) is 4.50. The third-order valence-corrected chi connectivity index (χ3v) is 5.04. The number of alkyl halides is 2. The van der Waals surface area contributed by atoms with Gasteiger partial charge in [0.25, 0.3) is 5.91 Å². The van der Waals surface area contributed by atoms with Crippen molar-refractivity contribution in [1.29, 1.82) is 0 Å². The van der Waals surface area contributed by atoms with Gasteiger partial charge in [-0.3, -0.25) is 4.79 Å². The molecule has 0 fully saturated rings. The summed E-state index contributed by atoms with van der Waals surface area (Å²) in [6, 6.07) is 7.79. The summed E-state index contributed by atoms with van der Waals surface area (Å²) in [6.07, 6.45) is 5.30. The fourth-order valence-corrected chi connectivity index (χ4v) is 3.10. The average molecular weight is 489 g/mol. The van der Waals surface area contributed by atoms with E-state index in [0.717, 1.165) is 21.1 Å². The van der Waals surface area contributed by atoms with Gasteiger partial charge in [-0.1, -0.05) is 31.9 Å². The van der Waals surface area contributed by atoms with Gasteiger partial charge in [-0.15, -0.1) is 0 Å².